The van der Waals surface area contributed by atoms with Crippen LogP contribution in [0, 0.1) is 5.92 Å². The van der Waals surface area contributed by atoms with Crippen LogP contribution in [0.25, 0.3) is 0 Å². The van der Waals surface area contributed by atoms with Gasteiger partial charge in [0.05, 0.1) is 6.04 Å². The summed E-state index contributed by atoms with van der Waals surface area (Å²) >= 11 is 0. The van der Waals surface area contributed by atoms with Crippen LogP contribution in [0.2, 0.25) is 0 Å². The largest absolute Gasteiger partial charge is 0.382 e. The molecule has 0 amide bonds. The van der Waals surface area contributed by atoms with Crippen LogP contribution in [0.15, 0.2) is 12.8 Å². The van der Waals surface area contributed by atoms with Crippen molar-refractivity contribution in [2.24, 2.45) is 5.92 Å². The van der Waals surface area contributed by atoms with E-state index >= 15 is 0 Å². The SMILES string of the molecule is C=CNC(CC)C(=O)C(C)C. The summed E-state index contributed by atoms with van der Waals surface area (Å²) < 4.78 is 0. The zero-order valence-electron chi connectivity index (χ0n) is 7.55. The van der Waals surface area contributed by atoms with E-state index in [4.69, 9.17) is 0 Å². The van der Waals surface area contributed by atoms with Crippen LogP contribution in [-0.4, -0.2) is 11.8 Å². The molecule has 0 aromatic rings. The molecule has 0 bridgehead atoms. The number of hydrogen-bond donors (Lipinski definition) is 1. The molecular weight excluding hydrogens is 138 g/mol. The fourth-order valence-corrected chi connectivity index (χ4v) is 0.946. The molecule has 0 fully saturated rings. The monoisotopic (exact) mass is 155 g/mol. The topological polar surface area (TPSA) is 29.1 Å². The average Bonchev–Trinajstić information content (AvgIpc) is 1.98. The van der Waals surface area contributed by atoms with Gasteiger partial charge in [0.1, 0.15) is 0 Å². The molecule has 0 aliphatic rings. The first-order valence-electron chi connectivity index (χ1n) is 4.04. The summed E-state index contributed by atoms with van der Waals surface area (Å²) in [5, 5.41) is 2.93. The molecule has 0 aromatic carbocycles. The Balaban J connectivity index is 4.02. The maximum Gasteiger partial charge on any atom is 0.157 e. The van der Waals surface area contributed by atoms with Crippen LogP contribution in [-0.2, 0) is 4.79 Å². The van der Waals surface area contributed by atoms with Gasteiger partial charge in [-0.05, 0) is 12.6 Å². The zero-order valence-corrected chi connectivity index (χ0v) is 7.55. The van der Waals surface area contributed by atoms with E-state index in [-0.39, 0.29) is 17.7 Å². The van der Waals surface area contributed by atoms with E-state index in [1.54, 1.807) is 6.20 Å². The summed E-state index contributed by atoms with van der Waals surface area (Å²) in [6.07, 6.45) is 2.40. The predicted octanol–water partition coefficient (Wildman–Crippen LogP) is 1.72. The maximum absolute atomic E-state index is 11.4. The van der Waals surface area contributed by atoms with E-state index in [9.17, 15) is 4.79 Å². The van der Waals surface area contributed by atoms with E-state index in [1.165, 1.54) is 0 Å². The fourth-order valence-electron chi connectivity index (χ4n) is 0.946. The number of hydrogen-bond acceptors (Lipinski definition) is 2. The quantitative estimate of drug-likeness (QED) is 0.655. The first-order valence-corrected chi connectivity index (χ1v) is 4.04. The van der Waals surface area contributed by atoms with E-state index in [0.29, 0.717) is 0 Å². The van der Waals surface area contributed by atoms with Crippen LogP contribution < -0.4 is 5.32 Å². The molecule has 0 spiro atoms. The number of carbonyl (C=O) groups excluding carboxylic acids is 1. The summed E-state index contributed by atoms with van der Waals surface area (Å²) in [4.78, 5) is 11.4. The van der Waals surface area contributed by atoms with Crippen molar-refractivity contribution in [3.05, 3.63) is 12.8 Å². The summed E-state index contributed by atoms with van der Waals surface area (Å²) in [5.41, 5.74) is 0. The minimum Gasteiger partial charge on any atom is -0.382 e. The summed E-state index contributed by atoms with van der Waals surface area (Å²) in [6.45, 7) is 9.34. The second kappa shape index (κ2) is 4.94. The Bertz CT molecular complexity index is 140. The first-order chi connectivity index (χ1) is 5.13. The van der Waals surface area contributed by atoms with Crippen molar-refractivity contribution in [2.75, 3.05) is 0 Å². The molecule has 2 nitrogen and oxygen atoms in total. The molecule has 0 aliphatic carbocycles. The second-order valence-corrected chi connectivity index (χ2v) is 2.89. The standard InChI is InChI=1S/C9H17NO/c1-5-8(10-6-2)9(11)7(3)4/h6-8,10H,2,5H2,1,3-4H3. The lowest BCUT2D eigenvalue weighted by molar-refractivity contribution is -0.123. The molecule has 0 radical (unpaired) electrons. The van der Waals surface area contributed by atoms with Crippen LogP contribution in [0.1, 0.15) is 27.2 Å². The molecule has 0 aliphatic heterocycles. The van der Waals surface area contributed by atoms with Crippen molar-refractivity contribution >= 4 is 5.78 Å². The summed E-state index contributed by atoms with van der Waals surface area (Å²) in [7, 11) is 0. The van der Waals surface area contributed by atoms with Gasteiger partial charge in [0.15, 0.2) is 5.78 Å². The second-order valence-electron chi connectivity index (χ2n) is 2.89. The Kier molecular flexibility index (Phi) is 4.59. The van der Waals surface area contributed by atoms with Crippen molar-refractivity contribution in [3.63, 3.8) is 0 Å². The summed E-state index contributed by atoms with van der Waals surface area (Å²) in [5.74, 6) is 0.361. The predicted molar refractivity (Wildman–Crippen MR) is 47.3 cm³/mol. The molecule has 64 valence electrons. The molecule has 11 heavy (non-hydrogen) atoms. The molecule has 0 rings (SSSR count). The third-order valence-corrected chi connectivity index (χ3v) is 1.64. The maximum atomic E-state index is 11.4. The Morgan fingerprint density at radius 3 is 2.45 bits per heavy atom. The van der Waals surface area contributed by atoms with Crippen LogP contribution in [0.5, 0.6) is 0 Å². The zero-order chi connectivity index (χ0) is 8.85. The fraction of sp³-hybridized carbons (Fsp3) is 0.667. The molecule has 1 N–H and O–H groups in total. The van der Waals surface area contributed by atoms with E-state index < -0.39 is 0 Å². The normalized spacial score (nSPS) is 12.7. The molecule has 2 heteroatoms. The minimum absolute atomic E-state index is 0.0486. The number of nitrogens with one attached hydrogen (secondary N) is 1. The van der Waals surface area contributed by atoms with Gasteiger partial charge in [-0.15, -0.1) is 0 Å². The summed E-state index contributed by atoms with van der Waals surface area (Å²) in [6, 6.07) is -0.0486. The van der Waals surface area contributed by atoms with Gasteiger partial charge < -0.3 is 5.32 Å². The Labute approximate surface area is 68.7 Å². The van der Waals surface area contributed by atoms with Crippen molar-refractivity contribution in [1.82, 2.24) is 5.32 Å². The van der Waals surface area contributed by atoms with Crippen molar-refractivity contribution < 1.29 is 4.79 Å². The Morgan fingerprint density at radius 2 is 2.18 bits per heavy atom. The van der Waals surface area contributed by atoms with Gasteiger partial charge in [-0.3, -0.25) is 4.79 Å². The van der Waals surface area contributed by atoms with Crippen LogP contribution in [0.4, 0.5) is 0 Å². The van der Waals surface area contributed by atoms with E-state index in [2.05, 4.69) is 11.9 Å². The minimum atomic E-state index is -0.0486. The third kappa shape index (κ3) is 3.21. The number of Topliss-reactive ketones (excluding diaryl/α,β-unsaturated/α-hetero) is 1. The molecule has 0 aromatic heterocycles. The number of carbonyl (C=O) groups is 1. The first kappa shape index (κ1) is 10.2. The highest BCUT2D eigenvalue weighted by molar-refractivity contribution is 5.85. The highest BCUT2D eigenvalue weighted by Gasteiger charge is 2.16. The molecule has 0 heterocycles. The van der Waals surface area contributed by atoms with Crippen molar-refractivity contribution in [3.8, 4) is 0 Å². The van der Waals surface area contributed by atoms with Gasteiger partial charge in [-0.25, -0.2) is 0 Å². The highest BCUT2D eigenvalue weighted by atomic mass is 16.1. The van der Waals surface area contributed by atoms with Gasteiger partial charge in [0, 0.05) is 5.92 Å². The molecular formula is C9H17NO. The van der Waals surface area contributed by atoms with Gasteiger partial charge in [0.2, 0.25) is 0 Å². The lowest BCUT2D eigenvalue weighted by Crippen LogP contribution is -2.35. The highest BCUT2D eigenvalue weighted by Crippen LogP contribution is 2.02. The van der Waals surface area contributed by atoms with Crippen LogP contribution >= 0.6 is 0 Å². The van der Waals surface area contributed by atoms with Gasteiger partial charge in [0.25, 0.3) is 0 Å². The van der Waals surface area contributed by atoms with Crippen molar-refractivity contribution in [2.45, 2.75) is 33.2 Å². The molecule has 1 unspecified atom stereocenters. The Hall–Kier alpha value is -0.790. The van der Waals surface area contributed by atoms with E-state index in [0.717, 1.165) is 6.42 Å². The number of rotatable bonds is 5. The van der Waals surface area contributed by atoms with Gasteiger partial charge in [-0.1, -0.05) is 27.4 Å². The van der Waals surface area contributed by atoms with Crippen LogP contribution in [0.3, 0.4) is 0 Å². The number of ketones is 1. The lowest BCUT2D eigenvalue weighted by atomic mass is 10.0. The van der Waals surface area contributed by atoms with Crippen molar-refractivity contribution in [1.29, 1.82) is 0 Å². The molecule has 1 atom stereocenters. The third-order valence-electron chi connectivity index (χ3n) is 1.64. The van der Waals surface area contributed by atoms with Gasteiger partial charge >= 0.3 is 0 Å². The van der Waals surface area contributed by atoms with Gasteiger partial charge in [-0.2, -0.15) is 0 Å². The smallest absolute Gasteiger partial charge is 0.157 e. The molecule has 0 saturated carbocycles. The van der Waals surface area contributed by atoms with E-state index in [1.807, 2.05) is 20.8 Å². The molecule has 0 saturated heterocycles. The average molecular weight is 155 g/mol. The Morgan fingerprint density at radius 1 is 1.64 bits per heavy atom. The lowest BCUT2D eigenvalue weighted by Gasteiger charge is -2.15.